The Morgan fingerprint density at radius 1 is 1.16 bits per heavy atom. The summed E-state index contributed by atoms with van der Waals surface area (Å²) >= 11 is 6.64. The van der Waals surface area contributed by atoms with Crippen molar-refractivity contribution in [2.75, 3.05) is 32.0 Å². The third-order valence-corrected chi connectivity index (χ3v) is 7.67. The van der Waals surface area contributed by atoms with Crippen molar-refractivity contribution in [1.82, 2.24) is 9.80 Å². The molecule has 0 unspecified atom stereocenters. The van der Waals surface area contributed by atoms with Gasteiger partial charge in [-0.15, -0.1) is 0 Å². The van der Waals surface area contributed by atoms with Crippen LogP contribution < -0.4 is 5.32 Å². The maximum absolute atomic E-state index is 13.4. The van der Waals surface area contributed by atoms with Crippen molar-refractivity contribution in [1.29, 1.82) is 5.41 Å². The van der Waals surface area contributed by atoms with Gasteiger partial charge in [-0.25, -0.2) is 0 Å². The number of hydrogen-bond acceptors (Lipinski definition) is 6. The summed E-state index contributed by atoms with van der Waals surface area (Å²) in [6.45, 7) is 2.18. The van der Waals surface area contributed by atoms with E-state index in [1.807, 2.05) is 0 Å². The predicted molar refractivity (Wildman–Crippen MR) is 141 cm³/mol. The van der Waals surface area contributed by atoms with Gasteiger partial charge in [-0.05, 0) is 92.1 Å². The molecular weight excluding hydrogens is 525 g/mol. The number of likely N-dealkylation sites (tertiary alicyclic amines) is 1. The van der Waals surface area contributed by atoms with E-state index in [2.05, 4.69) is 17.3 Å². The van der Waals surface area contributed by atoms with Gasteiger partial charge in [-0.3, -0.25) is 14.5 Å². The Hall–Kier alpha value is -2.82. The number of carbonyl (C=O) groups excluding carboxylic acids is 2. The van der Waals surface area contributed by atoms with Crippen molar-refractivity contribution in [3.05, 3.63) is 68.6 Å². The highest BCUT2D eigenvalue weighted by molar-refractivity contribution is 8.18. The molecule has 2 aliphatic heterocycles. The van der Waals surface area contributed by atoms with Crippen LogP contribution in [0.4, 0.5) is 23.7 Å². The number of halogens is 4. The number of alkyl halides is 3. The number of rotatable bonds is 7. The lowest BCUT2D eigenvalue weighted by Gasteiger charge is -2.30. The number of thioether (sulfide) groups is 1. The summed E-state index contributed by atoms with van der Waals surface area (Å²) in [5.74, 6) is -0.0348. The standard InChI is InChI=1S/C26H26ClF3N4O2S/c1-33-8-6-16(7-9-33)15-34-24(35)23(37-25(34)36)11-17-2-5-22(19(10-17)13-31)32-14-18-3-4-20(27)12-21(18)26(28,29)30/h2-5,10-13,16,31-32H,6-9,14-15H2,1H3. The molecule has 2 saturated heterocycles. The third-order valence-electron chi connectivity index (χ3n) is 6.53. The molecule has 0 aliphatic carbocycles. The number of hydrogen-bond donors (Lipinski definition) is 2. The first kappa shape index (κ1) is 27.2. The fraction of sp³-hybridized carbons (Fsp3) is 0.346. The van der Waals surface area contributed by atoms with Crippen LogP contribution in [0.1, 0.15) is 35.1 Å². The second-order valence-corrected chi connectivity index (χ2v) is 10.6. The van der Waals surface area contributed by atoms with Gasteiger partial charge in [0.15, 0.2) is 0 Å². The monoisotopic (exact) mass is 550 g/mol. The molecule has 2 N–H and O–H groups in total. The molecular formula is C26H26ClF3N4O2S. The summed E-state index contributed by atoms with van der Waals surface area (Å²) in [5.41, 5.74) is 0.704. The molecule has 196 valence electrons. The fourth-order valence-electron chi connectivity index (χ4n) is 4.42. The van der Waals surface area contributed by atoms with Crippen LogP contribution in [0.2, 0.25) is 5.02 Å². The van der Waals surface area contributed by atoms with Gasteiger partial charge in [0.25, 0.3) is 11.1 Å². The van der Waals surface area contributed by atoms with Crippen molar-refractivity contribution in [2.24, 2.45) is 5.92 Å². The molecule has 2 aliphatic rings. The molecule has 2 aromatic rings. The van der Waals surface area contributed by atoms with Crippen molar-refractivity contribution >= 4 is 52.5 Å². The molecule has 2 heterocycles. The number of nitrogens with one attached hydrogen (secondary N) is 2. The molecule has 0 radical (unpaired) electrons. The maximum Gasteiger partial charge on any atom is 0.416 e. The Morgan fingerprint density at radius 3 is 2.57 bits per heavy atom. The van der Waals surface area contributed by atoms with Gasteiger partial charge < -0.3 is 15.6 Å². The van der Waals surface area contributed by atoms with E-state index in [1.165, 1.54) is 17.0 Å². The Kier molecular flexibility index (Phi) is 8.30. The van der Waals surface area contributed by atoms with Crippen LogP contribution in [-0.2, 0) is 17.5 Å². The van der Waals surface area contributed by atoms with Gasteiger partial charge in [0.2, 0.25) is 0 Å². The van der Waals surface area contributed by atoms with Crippen LogP contribution in [0.5, 0.6) is 0 Å². The van der Waals surface area contributed by atoms with E-state index in [1.54, 1.807) is 24.3 Å². The van der Waals surface area contributed by atoms with Crippen LogP contribution >= 0.6 is 23.4 Å². The highest BCUT2D eigenvalue weighted by Gasteiger charge is 2.37. The zero-order valence-electron chi connectivity index (χ0n) is 20.1. The minimum atomic E-state index is -4.55. The van der Waals surface area contributed by atoms with E-state index < -0.39 is 11.7 Å². The third kappa shape index (κ3) is 6.55. The number of imide groups is 1. The van der Waals surface area contributed by atoms with E-state index in [0.717, 1.165) is 50.0 Å². The van der Waals surface area contributed by atoms with Gasteiger partial charge in [0.1, 0.15) is 0 Å². The maximum atomic E-state index is 13.4. The lowest BCUT2D eigenvalue weighted by Crippen LogP contribution is -2.38. The van der Waals surface area contributed by atoms with E-state index in [9.17, 15) is 22.8 Å². The molecule has 0 atom stereocenters. The normalized spacial score (nSPS) is 18.6. The second kappa shape index (κ2) is 11.3. The molecule has 2 amide bonds. The first-order chi connectivity index (χ1) is 17.5. The van der Waals surface area contributed by atoms with Crippen LogP contribution in [-0.4, -0.2) is 53.8 Å². The van der Waals surface area contributed by atoms with Crippen molar-refractivity contribution in [3.8, 4) is 0 Å². The Morgan fingerprint density at radius 2 is 1.89 bits per heavy atom. The molecule has 11 heteroatoms. The van der Waals surface area contributed by atoms with Crippen molar-refractivity contribution in [3.63, 3.8) is 0 Å². The van der Waals surface area contributed by atoms with Crippen LogP contribution in [0, 0.1) is 11.3 Å². The first-order valence-electron chi connectivity index (χ1n) is 11.7. The predicted octanol–water partition coefficient (Wildman–Crippen LogP) is 6.35. The Bertz CT molecular complexity index is 1240. The van der Waals surface area contributed by atoms with E-state index in [-0.39, 0.29) is 34.2 Å². The number of amides is 2. The van der Waals surface area contributed by atoms with Gasteiger partial charge >= 0.3 is 6.18 Å². The summed E-state index contributed by atoms with van der Waals surface area (Å²) < 4.78 is 40.2. The summed E-state index contributed by atoms with van der Waals surface area (Å²) in [6.07, 6.45) is 0.0195. The van der Waals surface area contributed by atoms with E-state index >= 15 is 0 Å². The minimum absolute atomic E-state index is 0.00336. The summed E-state index contributed by atoms with van der Waals surface area (Å²) in [7, 11) is 2.06. The number of benzene rings is 2. The lowest BCUT2D eigenvalue weighted by molar-refractivity contribution is -0.138. The minimum Gasteiger partial charge on any atom is -0.380 e. The average molecular weight is 551 g/mol. The quantitative estimate of drug-likeness (QED) is 0.310. The number of anilines is 1. The number of piperidine rings is 1. The Labute approximate surface area is 222 Å². The molecule has 4 rings (SSSR count). The second-order valence-electron chi connectivity index (χ2n) is 9.18. The van der Waals surface area contributed by atoms with Gasteiger partial charge in [-0.1, -0.05) is 23.7 Å². The first-order valence-corrected chi connectivity index (χ1v) is 12.9. The molecule has 0 bridgehead atoms. The van der Waals surface area contributed by atoms with Crippen LogP contribution in [0.3, 0.4) is 0 Å². The SMILES string of the molecule is CN1CCC(CN2C(=O)SC(=Cc3ccc(NCc4ccc(Cl)cc4C(F)(F)F)c(C=N)c3)C2=O)CC1. The zero-order chi connectivity index (χ0) is 26.7. The highest BCUT2D eigenvalue weighted by atomic mass is 35.5. The Balaban J connectivity index is 1.47. The van der Waals surface area contributed by atoms with Gasteiger partial charge in [-0.2, -0.15) is 13.2 Å². The smallest absolute Gasteiger partial charge is 0.380 e. The largest absolute Gasteiger partial charge is 0.416 e. The summed E-state index contributed by atoms with van der Waals surface area (Å²) in [4.78, 5) is 29.3. The number of carbonyl (C=O) groups is 2. The molecule has 0 saturated carbocycles. The van der Waals surface area contributed by atoms with Crippen LogP contribution in [0.25, 0.3) is 6.08 Å². The average Bonchev–Trinajstić information content (AvgIpc) is 3.11. The molecule has 2 aromatic carbocycles. The molecule has 37 heavy (non-hydrogen) atoms. The fourth-order valence-corrected chi connectivity index (χ4v) is 5.44. The van der Waals surface area contributed by atoms with Crippen LogP contribution in [0.15, 0.2) is 41.3 Å². The zero-order valence-corrected chi connectivity index (χ0v) is 21.6. The molecule has 2 fully saturated rings. The highest BCUT2D eigenvalue weighted by Crippen LogP contribution is 2.36. The lowest BCUT2D eigenvalue weighted by atomic mass is 9.96. The van der Waals surface area contributed by atoms with E-state index in [4.69, 9.17) is 17.0 Å². The van der Waals surface area contributed by atoms with Crippen molar-refractivity contribution in [2.45, 2.75) is 25.6 Å². The van der Waals surface area contributed by atoms with E-state index in [0.29, 0.717) is 28.3 Å². The topological polar surface area (TPSA) is 76.5 Å². The molecule has 6 nitrogen and oxygen atoms in total. The molecule has 0 aromatic heterocycles. The van der Waals surface area contributed by atoms with Crippen molar-refractivity contribution < 1.29 is 22.8 Å². The van der Waals surface area contributed by atoms with Gasteiger partial charge in [0.05, 0.1) is 10.5 Å². The van der Waals surface area contributed by atoms with Gasteiger partial charge in [0, 0.05) is 35.6 Å². The molecule has 0 spiro atoms. The summed E-state index contributed by atoms with van der Waals surface area (Å²) in [5, 5.41) is 10.4. The summed E-state index contributed by atoms with van der Waals surface area (Å²) in [6, 6.07) is 8.57. The number of nitrogens with zero attached hydrogens (tertiary/aromatic N) is 2.